The molecule has 0 atom stereocenters. The number of hydrogen-bond acceptors (Lipinski definition) is 5. The van der Waals surface area contributed by atoms with Crippen LogP contribution in [0.4, 0.5) is 0 Å². The summed E-state index contributed by atoms with van der Waals surface area (Å²) in [7, 11) is 3.13. The van der Waals surface area contributed by atoms with Crippen molar-refractivity contribution < 1.29 is 14.3 Å². The highest BCUT2D eigenvalue weighted by Gasteiger charge is 2.25. The minimum Gasteiger partial charge on any atom is -0.497 e. The summed E-state index contributed by atoms with van der Waals surface area (Å²) >= 11 is 0. The van der Waals surface area contributed by atoms with Gasteiger partial charge in [0.05, 0.1) is 13.7 Å². The number of pyridine rings is 1. The molecule has 2 amide bonds. The van der Waals surface area contributed by atoms with Gasteiger partial charge in [0.25, 0.3) is 5.91 Å². The zero-order valence-corrected chi connectivity index (χ0v) is 14.9. The maximum Gasteiger partial charge on any atom is 0.259 e. The molecule has 8 heteroatoms. The van der Waals surface area contributed by atoms with Gasteiger partial charge in [-0.1, -0.05) is 0 Å². The second kappa shape index (κ2) is 7.57. The zero-order chi connectivity index (χ0) is 18.7. The van der Waals surface area contributed by atoms with Crippen molar-refractivity contribution >= 4 is 22.7 Å². The Morgan fingerprint density at radius 1 is 1.23 bits per heavy atom. The van der Waals surface area contributed by atoms with Crippen molar-refractivity contribution in [3.8, 4) is 5.75 Å². The molecule has 26 heavy (non-hydrogen) atoms. The van der Waals surface area contributed by atoms with Crippen LogP contribution in [0, 0.1) is 0 Å². The molecule has 1 aliphatic rings. The van der Waals surface area contributed by atoms with Crippen molar-refractivity contribution in [2.45, 2.75) is 0 Å². The summed E-state index contributed by atoms with van der Waals surface area (Å²) in [5, 5.41) is 3.01. The number of hydrogen-bond donors (Lipinski definition) is 2. The molecule has 0 aliphatic carbocycles. The Balaban J connectivity index is 1.77. The molecule has 1 aromatic carbocycles. The first-order valence-electron chi connectivity index (χ1n) is 8.45. The number of rotatable bonds is 4. The highest BCUT2D eigenvalue weighted by Crippen LogP contribution is 2.17. The van der Waals surface area contributed by atoms with Gasteiger partial charge in [0, 0.05) is 50.3 Å². The number of benzene rings is 1. The molecule has 8 nitrogen and oxygen atoms in total. The summed E-state index contributed by atoms with van der Waals surface area (Å²) in [6.45, 7) is 2.46. The third kappa shape index (κ3) is 3.55. The Labute approximate surface area is 150 Å². The number of methoxy groups -OCH3 is 1. The molecule has 138 valence electrons. The quantitative estimate of drug-likeness (QED) is 0.805. The minimum atomic E-state index is -0.310. The van der Waals surface area contributed by atoms with Crippen LogP contribution in [0.2, 0.25) is 0 Å². The van der Waals surface area contributed by atoms with Crippen molar-refractivity contribution in [2.24, 2.45) is 0 Å². The van der Waals surface area contributed by atoms with Gasteiger partial charge in [0.1, 0.15) is 11.3 Å². The molecule has 3 rings (SSSR count). The number of carbonyl (C=O) groups excluding carboxylic acids is 2. The highest BCUT2D eigenvalue weighted by molar-refractivity contribution is 5.97. The smallest absolute Gasteiger partial charge is 0.259 e. The van der Waals surface area contributed by atoms with Gasteiger partial charge in [-0.15, -0.1) is 0 Å². The van der Waals surface area contributed by atoms with Crippen molar-refractivity contribution in [2.75, 3.05) is 46.9 Å². The lowest BCUT2D eigenvalue weighted by Crippen LogP contribution is -2.51. The number of H-pyrrole nitrogens is 1. The van der Waals surface area contributed by atoms with E-state index in [-0.39, 0.29) is 22.8 Å². The second-order valence-corrected chi connectivity index (χ2v) is 6.18. The molecule has 2 heterocycles. The van der Waals surface area contributed by atoms with Crippen LogP contribution in [0.1, 0.15) is 10.4 Å². The van der Waals surface area contributed by atoms with E-state index in [2.05, 4.69) is 10.3 Å². The highest BCUT2D eigenvalue weighted by atomic mass is 16.5. The second-order valence-electron chi connectivity index (χ2n) is 6.18. The van der Waals surface area contributed by atoms with E-state index < -0.39 is 0 Å². The Kier molecular flexibility index (Phi) is 5.22. The van der Waals surface area contributed by atoms with E-state index in [4.69, 9.17) is 4.74 Å². The number of likely N-dealkylation sites (N-methyl/N-ethyl adjacent to an activating group) is 1. The molecule has 2 aromatic rings. The van der Waals surface area contributed by atoms with Crippen LogP contribution in [-0.2, 0) is 4.79 Å². The fourth-order valence-corrected chi connectivity index (χ4v) is 3.05. The molecule has 0 radical (unpaired) electrons. The van der Waals surface area contributed by atoms with Crippen molar-refractivity contribution in [1.29, 1.82) is 0 Å². The van der Waals surface area contributed by atoms with Crippen LogP contribution in [-0.4, -0.2) is 73.5 Å². The van der Waals surface area contributed by atoms with Gasteiger partial charge >= 0.3 is 0 Å². The third-order valence-corrected chi connectivity index (χ3v) is 4.62. The molecule has 1 fully saturated rings. The predicted octanol–water partition coefficient (Wildman–Crippen LogP) is 0.0405. The summed E-state index contributed by atoms with van der Waals surface area (Å²) in [6, 6.07) is 5.14. The first-order valence-corrected chi connectivity index (χ1v) is 8.45. The minimum absolute atomic E-state index is 0.0512. The average molecular weight is 358 g/mol. The summed E-state index contributed by atoms with van der Waals surface area (Å²) < 4.78 is 5.16. The van der Waals surface area contributed by atoms with Crippen molar-refractivity contribution in [3.63, 3.8) is 0 Å². The Morgan fingerprint density at radius 3 is 2.62 bits per heavy atom. The third-order valence-electron chi connectivity index (χ3n) is 4.62. The summed E-state index contributed by atoms with van der Waals surface area (Å²) in [4.78, 5) is 43.6. The number of aromatic amines is 1. The maximum absolute atomic E-state index is 12.8. The van der Waals surface area contributed by atoms with Crippen molar-refractivity contribution in [1.82, 2.24) is 20.1 Å². The van der Waals surface area contributed by atoms with Gasteiger partial charge in [0.15, 0.2) is 0 Å². The van der Waals surface area contributed by atoms with E-state index >= 15 is 0 Å². The lowest BCUT2D eigenvalue weighted by molar-refractivity contribution is -0.122. The molecule has 0 bridgehead atoms. The molecule has 0 saturated carbocycles. The Morgan fingerprint density at radius 2 is 1.96 bits per heavy atom. The largest absolute Gasteiger partial charge is 0.497 e. The van der Waals surface area contributed by atoms with Gasteiger partial charge in [-0.3, -0.25) is 19.3 Å². The molecule has 1 aromatic heterocycles. The van der Waals surface area contributed by atoms with Crippen LogP contribution >= 0.6 is 0 Å². The predicted molar refractivity (Wildman–Crippen MR) is 97.5 cm³/mol. The summed E-state index contributed by atoms with van der Waals surface area (Å²) in [5.74, 6) is 0.218. The normalized spacial score (nSPS) is 15.1. The van der Waals surface area contributed by atoms with E-state index in [1.54, 1.807) is 30.1 Å². The number of nitrogens with one attached hydrogen (secondary N) is 2. The van der Waals surface area contributed by atoms with E-state index in [0.29, 0.717) is 49.4 Å². The maximum atomic E-state index is 12.8. The first kappa shape index (κ1) is 17.9. The molecule has 0 unspecified atom stereocenters. The number of piperazine rings is 1. The van der Waals surface area contributed by atoms with Crippen LogP contribution in [0.15, 0.2) is 29.2 Å². The molecule has 1 aliphatic heterocycles. The van der Waals surface area contributed by atoms with Gasteiger partial charge < -0.3 is 19.9 Å². The topological polar surface area (TPSA) is 94.7 Å². The van der Waals surface area contributed by atoms with Gasteiger partial charge in [-0.05, 0) is 18.2 Å². The number of nitrogens with zero attached hydrogens (tertiary/aromatic N) is 2. The number of aromatic nitrogens is 1. The average Bonchev–Trinajstić information content (AvgIpc) is 2.68. The molecular formula is C18H22N4O4. The molecular weight excluding hydrogens is 336 g/mol. The van der Waals surface area contributed by atoms with Gasteiger partial charge in [-0.25, -0.2) is 0 Å². The van der Waals surface area contributed by atoms with Gasteiger partial charge in [0.2, 0.25) is 11.3 Å². The fraction of sp³-hybridized carbons (Fsp3) is 0.389. The van der Waals surface area contributed by atoms with E-state index in [0.717, 1.165) is 0 Å². The molecule has 1 saturated heterocycles. The number of ether oxygens (including phenoxy) is 1. The van der Waals surface area contributed by atoms with E-state index in [1.807, 2.05) is 4.90 Å². The lowest BCUT2D eigenvalue weighted by atomic mass is 10.1. The van der Waals surface area contributed by atoms with Crippen LogP contribution < -0.4 is 15.5 Å². The standard InChI is InChI=1S/C18H22N4O4/c1-19-16(23)11-21-5-7-22(8-6-21)18(25)14-10-20-15-4-3-12(26-2)9-13(15)17(14)24/h3-4,9-10H,5-8,11H2,1-2H3,(H,19,23)(H,20,24). The number of carbonyl (C=O) groups is 2. The summed E-state index contributed by atoms with van der Waals surface area (Å²) in [6.07, 6.45) is 1.47. The van der Waals surface area contributed by atoms with Crippen molar-refractivity contribution in [3.05, 3.63) is 40.2 Å². The first-order chi connectivity index (χ1) is 12.5. The zero-order valence-electron chi connectivity index (χ0n) is 14.9. The van der Waals surface area contributed by atoms with Crippen LogP contribution in [0.5, 0.6) is 5.75 Å². The SMILES string of the molecule is CNC(=O)CN1CCN(C(=O)c2c[nH]c3ccc(OC)cc3c2=O)CC1. The monoisotopic (exact) mass is 358 g/mol. The van der Waals surface area contributed by atoms with E-state index in [9.17, 15) is 14.4 Å². The lowest BCUT2D eigenvalue weighted by Gasteiger charge is -2.34. The Bertz CT molecular complexity index is 884. The fourth-order valence-electron chi connectivity index (χ4n) is 3.05. The Hall–Kier alpha value is -2.87. The van der Waals surface area contributed by atoms with Crippen LogP contribution in [0.25, 0.3) is 10.9 Å². The number of amides is 2. The van der Waals surface area contributed by atoms with E-state index in [1.165, 1.54) is 13.3 Å². The molecule has 0 spiro atoms. The van der Waals surface area contributed by atoms with Gasteiger partial charge in [-0.2, -0.15) is 0 Å². The molecule has 2 N–H and O–H groups in total. The van der Waals surface area contributed by atoms with Crippen LogP contribution in [0.3, 0.4) is 0 Å². The summed E-state index contributed by atoms with van der Waals surface area (Å²) in [5.41, 5.74) is 0.462. The number of fused-ring (bicyclic) bond motifs is 1.